The summed E-state index contributed by atoms with van der Waals surface area (Å²) in [7, 11) is 1.37. The first kappa shape index (κ1) is 25.9. The summed E-state index contributed by atoms with van der Waals surface area (Å²) < 4.78 is 5.06. The molecular formula is C28H29N3O3S2. The number of thiophene rings is 1. The Kier molecular flexibility index (Phi) is 8.44. The molecule has 186 valence electrons. The van der Waals surface area contributed by atoms with Gasteiger partial charge in [0, 0.05) is 22.7 Å². The zero-order valence-corrected chi connectivity index (χ0v) is 22.3. The lowest BCUT2D eigenvalue weighted by Crippen LogP contribution is -2.16. The third kappa shape index (κ3) is 5.80. The molecule has 0 radical (unpaired) electrons. The van der Waals surface area contributed by atoms with Crippen LogP contribution >= 0.6 is 23.1 Å². The number of carbonyl (C=O) groups is 2. The fraction of sp³-hybridized carbons (Fsp3) is 0.357. The molecule has 1 aliphatic carbocycles. The van der Waals surface area contributed by atoms with Crippen molar-refractivity contribution in [3.05, 3.63) is 75.3 Å². The fourth-order valence-corrected chi connectivity index (χ4v) is 6.65. The van der Waals surface area contributed by atoms with E-state index in [0.717, 1.165) is 35.4 Å². The van der Waals surface area contributed by atoms with Crippen molar-refractivity contribution in [3.8, 4) is 6.07 Å². The topological polar surface area (TPSA) is 92.1 Å². The van der Waals surface area contributed by atoms with Gasteiger partial charge in [0.1, 0.15) is 16.1 Å². The van der Waals surface area contributed by atoms with Crippen LogP contribution in [0.5, 0.6) is 0 Å². The molecule has 1 aromatic carbocycles. The van der Waals surface area contributed by atoms with Gasteiger partial charge in [0.25, 0.3) is 0 Å². The first-order chi connectivity index (χ1) is 17.4. The molecule has 3 aromatic rings. The number of rotatable bonds is 8. The quantitative estimate of drug-likeness (QED) is 0.277. The summed E-state index contributed by atoms with van der Waals surface area (Å²) in [6, 6.07) is 16.2. The molecule has 1 atom stereocenters. The van der Waals surface area contributed by atoms with E-state index in [-0.39, 0.29) is 18.2 Å². The normalized spacial score (nSPS) is 14.7. The van der Waals surface area contributed by atoms with Crippen LogP contribution in [0.15, 0.2) is 47.5 Å². The summed E-state index contributed by atoms with van der Waals surface area (Å²) >= 11 is 2.88. The maximum Gasteiger partial charge on any atom is 0.341 e. The van der Waals surface area contributed by atoms with Crippen molar-refractivity contribution in [1.82, 2.24) is 4.98 Å². The molecule has 0 bridgehead atoms. The Bertz CT molecular complexity index is 1300. The van der Waals surface area contributed by atoms with Crippen LogP contribution in [-0.4, -0.2) is 29.7 Å². The van der Waals surface area contributed by atoms with Crippen molar-refractivity contribution in [2.24, 2.45) is 0 Å². The number of carbonyl (C=O) groups excluding carboxylic acids is 2. The summed E-state index contributed by atoms with van der Waals surface area (Å²) in [5.74, 6) is 0.534. The first-order valence-corrected chi connectivity index (χ1v) is 13.8. The Morgan fingerprint density at radius 3 is 2.72 bits per heavy atom. The summed E-state index contributed by atoms with van der Waals surface area (Å²) in [6.07, 6.45) is 2.80. The molecule has 0 aliphatic heterocycles. The molecule has 2 heterocycles. The van der Waals surface area contributed by atoms with Crippen molar-refractivity contribution >= 4 is 40.0 Å². The van der Waals surface area contributed by atoms with E-state index in [1.165, 1.54) is 35.8 Å². The van der Waals surface area contributed by atoms with E-state index in [9.17, 15) is 14.9 Å². The average Bonchev–Trinajstić information content (AvgIpc) is 3.25. The van der Waals surface area contributed by atoms with Crippen molar-refractivity contribution in [2.75, 3.05) is 18.2 Å². The van der Waals surface area contributed by atoms with Crippen LogP contribution in [-0.2, 0) is 22.4 Å². The molecule has 8 heteroatoms. The highest BCUT2D eigenvalue weighted by atomic mass is 32.2. The van der Waals surface area contributed by atoms with Gasteiger partial charge in [0.05, 0.1) is 18.2 Å². The SMILES string of the molecule is COC(=O)c1c(NC(=O)CCSc2nc(C(C)C)ccc2C#N)sc2c1CCC(c1ccccc1)C2. The van der Waals surface area contributed by atoms with Crippen LogP contribution in [0.1, 0.15) is 76.1 Å². The maximum atomic E-state index is 12.8. The highest BCUT2D eigenvalue weighted by molar-refractivity contribution is 7.99. The number of hydrogen-bond acceptors (Lipinski definition) is 7. The lowest BCUT2D eigenvalue weighted by molar-refractivity contribution is -0.115. The molecule has 1 N–H and O–H groups in total. The predicted octanol–water partition coefficient (Wildman–Crippen LogP) is 6.32. The molecule has 0 fully saturated rings. The number of ether oxygens (including phenoxy) is 1. The number of nitrogens with zero attached hydrogens (tertiary/aromatic N) is 2. The minimum Gasteiger partial charge on any atom is -0.465 e. The molecule has 1 amide bonds. The van der Waals surface area contributed by atoms with Crippen LogP contribution in [0, 0.1) is 11.3 Å². The molecule has 0 saturated heterocycles. The number of pyridine rings is 1. The van der Waals surface area contributed by atoms with Gasteiger partial charge in [0.15, 0.2) is 0 Å². The van der Waals surface area contributed by atoms with Gasteiger partial charge in [-0.05, 0) is 54.4 Å². The van der Waals surface area contributed by atoms with Crippen LogP contribution in [0.25, 0.3) is 0 Å². The molecule has 2 aromatic heterocycles. The Balaban J connectivity index is 1.45. The van der Waals surface area contributed by atoms with E-state index in [0.29, 0.717) is 32.8 Å². The van der Waals surface area contributed by atoms with Gasteiger partial charge in [-0.1, -0.05) is 44.2 Å². The van der Waals surface area contributed by atoms with E-state index in [4.69, 9.17) is 4.74 Å². The second-order valence-electron chi connectivity index (χ2n) is 9.05. The van der Waals surface area contributed by atoms with Crippen molar-refractivity contribution in [1.29, 1.82) is 5.26 Å². The fourth-order valence-electron chi connectivity index (χ4n) is 4.40. The van der Waals surface area contributed by atoms with E-state index in [1.54, 1.807) is 6.07 Å². The number of nitriles is 1. The number of thioether (sulfide) groups is 1. The Hall–Kier alpha value is -3.15. The standard InChI is InChI=1S/C28H29N3O3S2/c1-17(2)22-12-10-20(16-29)26(30-22)35-14-13-24(32)31-27-25(28(33)34-3)21-11-9-19(15-23(21)36-27)18-7-5-4-6-8-18/h4-8,10,12,17,19H,9,11,13-15H2,1-3H3,(H,31,32). The number of anilines is 1. The highest BCUT2D eigenvalue weighted by Gasteiger charge is 2.30. The lowest BCUT2D eigenvalue weighted by Gasteiger charge is -2.22. The maximum absolute atomic E-state index is 12.8. The van der Waals surface area contributed by atoms with Gasteiger partial charge < -0.3 is 10.1 Å². The summed E-state index contributed by atoms with van der Waals surface area (Å²) in [5.41, 5.74) is 4.21. The van der Waals surface area contributed by atoms with Crippen molar-refractivity contribution < 1.29 is 14.3 Å². The van der Waals surface area contributed by atoms with Gasteiger partial charge >= 0.3 is 5.97 Å². The van der Waals surface area contributed by atoms with Gasteiger partial charge in [-0.25, -0.2) is 9.78 Å². The average molecular weight is 520 g/mol. The molecule has 4 rings (SSSR count). The second-order valence-corrected chi connectivity index (χ2v) is 11.2. The Morgan fingerprint density at radius 1 is 1.25 bits per heavy atom. The summed E-state index contributed by atoms with van der Waals surface area (Å²) in [6.45, 7) is 4.11. The van der Waals surface area contributed by atoms with Crippen LogP contribution in [0.2, 0.25) is 0 Å². The number of amides is 1. The largest absolute Gasteiger partial charge is 0.465 e. The van der Waals surface area contributed by atoms with Gasteiger partial charge in [0.2, 0.25) is 5.91 Å². The molecule has 6 nitrogen and oxygen atoms in total. The smallest absolute Gasteiger partial charge is 0.341 e. The minimum absolute atomic E-state index is 0.176. The predicted molar refractivity (Wildman–Crippen MR) is 144 cm³/mol. The zero-order chi connectivity index (χ0) is 25.7. The number of methoxy groups -OCH3 is 1. The van der Waals surface area contributed by atoms with E-state index >= 15 is 0 Å². The van der Waals surface area contributed by atoms with Crippen LogP contribution < -0.4 is 5.32 Å². The third-order valence-electron chi connectivity index (χ3n) is 6.34. The first-order valence-electron chi connectivity index (χ1n) is 12.0. The molecule has 0 saturated carbocycles. The van der Waals surface area contributed by atoms with Gasteiger partial charge in [-0.2, -0.15) is 5.26 Å². The van der Waals surface area contributed by atoms with E-state index in [1.807, 2.05) is 12.1 Å². The summed E-state index contributed by atoms with van der Waals surface area (Å²) in [5, 5.41) is 13.6. The highest BCUT2D eigenvalue weighted by Crippen LogP contribution is 2.42. The Morgan fingerprint density at radius 2 is 2.03 bits per heavy atom. The van der Waals surface area contributed by atoms with Crippen molar-refractivity contribution in [3.63, 3.8) is 0 Å². The summed E-state index contributed by atoms with van der Waals surface area (Å²) in [4.78, 5) is 31.2. The minimum atomic E-state index is -0.413. The molecular weight excluding hydrogens is 490 g/mol. The number of aromatic nitrogens is 1. The van der Waals surface area contributed by atoms with Gasteiger partial charge in [-0.3, -0.25) is 4.79 Å². The molecule has 36 heavy (non-hydrogen) atoms. The third-order valence-corrected chi connectivity index (χ3v) is 8.50. The Labute approximate surface area is 220 Å². The number of esters is 1. The number of nitrogens with one attached hydrogen (secondary N) is 1. The molecule has 1 unspecified atom stereocenters. The number of benzene rings is 1. The van der Waals surface area contributed by atoms with Crippen LogP contribution in [0.4, 0.5) is 5.00 Å². The second kappa shape index (κ2) is 11.7. The van der Waals surface area contributed by atoms with Crippen molar-refractivity contribution in [2.45, 2.75) is 56.4 Å². The van der Waals surface area contributed by atoms with E-state index < -0.39 is 5.97 Å². The van der Waals surface area contributed by atoms with Crippen LogP contribution in [0.3, 0.4) is 0 Å². The molecule has 1 aliphatic rings. The van der Waals surface area contributed by atoms with Gasteiger partial charge in [-0.15, -0.1) is 23.1 Å². The number of hydrogen-bond donors (Lipinski definition) is 1. The number of fused-ring (bicyclic) bond motifs is 1. The van der Waals surface area contributed by atoms with E-state index in [2.05, 4.69) is 54.5 Å². The lowest BCUT2D eigenvalue weighted by atomic mass is 9.83. The zero-order valence-electron chi connectivity index (χ0n) is 20.7. The molecule has 0 spiro atoms. The monoisotopic (exact) mass is 519 g/mol.